The third-order valence-electron chi connectivity index (χ3n) is 4.48. The number of fused-ring (bicyclic) bond motifs is 1. The van der Waals surface area contributed by atoms with Crippen LogP contribution in [0.1, 0.15) is 22.8 Å². The molecule has 0 bridgehead atoms. The maximum atomic E-state index is 11.8. The highest BCUT2D eigenvalue weighted by molar-refractivity contribution is 9.10. The molecule has 0 fully saturated rings. The van der Waals surface area contributed by atoms with Gasteiger partial charge in [0, 0.05) is 15.4 Å². The number of nitrogens with zero attached hydrogens (tertiary/aromatic N) is 1. The lowest BCUT2D eigenvalue weighted by Gasteiger charge is -2.07. The highest BCUT2D eigenvalue weighted by atomic mass is 79.9. The van der Waals surface area contributed by atoms with Gasteiger partial charge in [-0.1, -0.05) is 41.1 Å². The molecule has 2 aromatic heterocycles. The van der Waals surface area contributed by atoms with Gasteiger partial charge in [0.1, 0.15) is 11.5 Å². The molecule has 4 nitrogen and oxygen atoms in total. The summed E-state index contributed by atoms with van der Waals surface area (Å²) < 4.78 is 6.92. The number of carboxylic acids is 1. The molecule has 4 rings (SSSR count). The van der Waals surface area contributed by atoms with E-state index in [0.717, 1.165) is 22.0 Å². The number of hydrogen-bond donors (Lipinski definition) is 1. The maximum Gasteiger partial charge on any atom is 0.336 e. The first kappa shape index (κ1) is 17.5. The summed E-state index contributed by atoms with van der Waals surface area (Å²) in [6.07, 6.45) is 0.838. The molecule has 0 spiro atoms. The minimum atomic E-state index is -0.976. The van der Waals surface area contributed by atoms with E-state index in [1.54, 1.807) is 6.07 Å². The number of pyridine rings is 1. The molecule has 0 saturated heterocycles. The minimum absolute atomic E-state index is 0.228. The number of carboxylic acid groups (broad SMARTS) is 1. The lowest BCUT2D eigenvalue weighted by atomic mass is 10.0. The average molecular weight is 422 g/mol. The molecule has 1 N–H and O–H groups in total. The van der Waals surface area contributed by atoms with Crippen molar-refractivity contribution in [2.45, 2.75) is 13.3 Å². The van der Waals surface area contributed by atoms with Gasteiger partial charge in [-0.2, -0.15) is 0 Å². The molecule has 0 unspecified atom stereocenters. The van der Waals surface area contributed by atoms with Gasteiger partial charge in [-0.15, -0.1) is 0 Å². The SMILES string of the molecule is CCc1ccc2nc(-c3ccc(-c4cccc(Br)c4)o3)cc(C(=O)O)c2c1. The van der Waals surface area contributed by atoms with Crippen LogP contribution in [0.25, 0.3) is 33.7 Å². The summed E-state index contributed by atoms with van der Waals surface area (Å²) in [4.78, 5) is 16.4. The molecule has 27 heavy (non-hydrogen) atoms. The van der Waals surface area contributed by atoms with Crippen LogP contribution in [0.5, 0.6) is 0 Å². The summed E-state index contributed by atoms with van der Waals surface area (Å²) in [5, 5.41) is 10.3. The van der Waals surface area contributed by atoms with Crippen molar-refractivity contribution >= 4 is 32.8 Å². The quantitative estimate of drug-likeness (QED) is 0.426. The van der Waals surface area contributed by atoms with Gasteiger partial charge in [0.25, 0.3) is 0 Å². The molecule has 0 radical (unpaired) electrons. The van der Waals surface area contributed by atoms with Crippen LogP contribution in [0.2, 0.25) is 0 Å². The van der Waals surface area contributed by atoms with Crippen molar-refractivity contribution in [3.63, 3.8) is 0 Å². The fourth-order valence-corrected chi connectivity index (χ4v) is 3.47. The Bertz CT molecular complexity index is 1160. The Balaban J connectivity index is 1.84. The zero-order chi connectivity index (χ0) is 19.0. The highest BCUT2D eigenvalue weighted by Gasteiger charge is 2.16. The number of aromatic carboxylic acids is 1. The third kappa shape index (κ3) is 3.38. The lowest BCUT2D eigenvalue weighted by molar-refractivity contribution is 0.0699. The van der Waals surface area contributed by atoms with Gasteiger partial charge in [0.2, 0.25) is 0 Å². The van der Waals surface area contributed by atoms with Gasteiger partial charge in [0.05, 0.1) is 11.1 Å². The van der Waals surface area contributed by atoms with Crippen LogP contribution >= 0.6 is 15.9 Å². The average Bonchev–Trinajstić information content (AvgIpc) is 3.17. The van der Waals surface area contributed by atoms with Crippen molar-refractivity contribution in [2.75, 3.05) is 0 Å². The highest BCUT2D eigenvalue weighted by Crippen LogP contribution is 2.31. The Morgan fingerprint density at radius 1 is 1.07 bits per heavy atom. The number of aryl methyl sites for hydroxylation is 1. The smallest absolute Gasteiger partial charge is 0.336 e. The van der Waals surface area contributed by atoms with E-state index >= 15 is 0 Å². The number of hydrogen-bond acceptors (Lipinski definition) is 3. The van der Waals surface area contributed by atoms with Gasteiger partial charge < -0.3 is 9.52 Å². The number of halogens is 1. The lowest BCUT2D eigenvalue weighted by Crippen LogP contribution is -2.00. The summed E-state index contributed by atoms with van der Waals surface area (Å²) in [5.41, 5.74) is 3.38. The number of aromatic nitrogens is 1. The fraction of sp³-hybridized carbons (Fsp3) is 0.0909. The number of rotatable bonds is 4. The van der Waals surface area contributed by atoms with E-state index in [1.165, 1.54) is 0 Å². The van der Waals surface area contributed by atoms with Gasteiger partial charge >= 0.3 is 5.97 Å². The van der Waals surface area contributed by atoms with Crippen LogP contribution in [0.15, 0.2) is 69.6 Å². The van der Waals surface area contributed by atoms with E-state index in [0.29, 0.717) is 28.1 Å². The molecule has 134 valence electrons. The van der Waals surface area contributed by atoms with Crippen molar-refractivity contribution in [3.8, 4) is 22.8 Å². The normalized spacial score (nSPS) is 11.0. The molecule has 2 aromatic carbocycles. The van der Waals surface area contributed by atoms with E-state index in [-0.39, 0.29) is 5.56 Å². The van der Waals surface area contributed by atoms with Gasteiger partial charge in [-0.3, -0.25) is 0 Å². The minimum Gasteiger partial charge on any atom is -0.478 e. The van der Waals surface area contributed by atoms with Crippen molar-refractivity contribution in [3.05, 3.63) is 76.3 Å². The molecule has 0 atom stereocenters. The van der Waals surface area contributed by atoms with E-state index in [1.807, 2.05) is 61.5 Å². The molecule has 0 saturated carbocycles. The standard InChI is InChI=1S/C22H16BrNO3/c1-2-13-6-7-18-16(10-13)17(22(25)26)12-19(24-18)21-9-8-20(27-21)14-4-3-5-15(23)11-14/h3-12H,2H2,1H3,(H,25,26). The molecular formula is C22H16BrNO3. The summed E-state index contributed by atoms with van der Waals surface area (Å²) in [6.45, 7) is 2.04. The maximum absolute atomic E-state index is 11.8. The van der Waals surface area contributed by atoms with Crippen LogP contribution in [0.4, 0.5) is 0 Å². The molecule has 0 amide bonds. The largest absolute Gasteiger partial charge is 0.478 e. The molecule has 0 aliphatic carbocycles. The van der Waals surface area contributed by atoms with Crippen LogP contribution in [0.3, 0.4) is 0 Å². The third-order valence-corrected chi connectivity index (χ3v) is 4.97. The van der Waals surface area contributed by atoms with Crippen LogP contribution in [-0.4, -0.2) is 16.1 Å². The summed E-state index contributed by atoms with van der Waals surface area (Å²) >= 11 is 3.46. The van der Waals surface area contributed by atoms with E-state index < -0.39 is 5.97 Å². The van der Waals surface area contributed by atoms with Crippen molar-refractivity contribution in [2.24, 2.45) is 0 Å². The van der Waals surface area contributed by atoms with E-state index in [2.05, 4.69) is 20.9 Å². The Hall–Kier alpha value is -2.92. The predicted molar refractivity (Wildman–Crippen MR) is 109 cm³/mol. The van der Waals surface area contributed by atoms with Crippen LogP contribution < -0.4 is 0 Å². The zero-order valence-electron chi connectivity index (χ0n) is 14.6. The second-order valence-electron chi connectivity index (χ2n) is 6.24. The fourth-order valence-electron chi connectivity index (χ4n) is 3.07. The molecule has 0 aliphatic heterocycles. The Kier molecular flexibility index (Phi) is 4.54. The number of benzene rings is 2. The van der Waals surface area contributed by atoms with Crippen molar-refractivity contribution in [1.82, 2.24) is 4.98 Å². The first-order valence-corrected chi connectivity index (χ1v) is 9.37. The van der Waals surface area contributed by atoms with Crippen molar-refractivity contribution in [1.29, 1.82) is 0 Å². The number of furan rings is 1. The first-order chi connectivity index (χ1) is 13.0. The molecule has 5 heteroatoms. The summed E-state index contributed by atoms with van der Waals surface area (Å²) in [6, 6.07) is 18.8. The molecule has 4 aromatic rings. The van der Waals surface area contributed by atoms with Crippen molar-refractivity contribution < 1.29 is 14.3 Å². The second-order valence-corrected chi connectivity index (χ2v) is 7.16. The van der Waals surface area contributed by atoms with Gasteiger partial charge in [0.15, 0.2) is 5.76 Å². The zero-order valence-corrected chi connectivity index (χ0v) is 16.2. The summed E-state index contributed by atoms with van der Waals surface area (Å²) in [7, 11) is 0. The Labute approximate surface area is 164 Å². The second kappa shape index (κ2) is 7.00. The van der Waals surface area contributed by atoms with Crippen LogP contribution in [-0.2, 0) is 6.42 Å². The number of carbonyl (C=O) groups is 1. The van der Waals surface area contributed by atoms with E-state index in [9.17, 15) is 9.90 Å². The van der Waals surface area contributed by atoms with Gasteiger partial charge in [-0.05, 0) is 54.4 Å². The molecule has 0 aliphatic rings. The topological polar surface area (TPSA) is 63.3 Å². The Morgan fingerprint density at radius 2 is 1.89 bits per heavy atom. The molecule has 2 heterocycles. The van der Waals surface area contributed by atoms with E-state index in [4.69, 9.17) is 4.42 Å². The summed E-state index contributed by atoms with van der Waals surface area (Å²) in [5.74, 6) is 0.260. The first-order valence-electron chi connectivity index (χ1n) is 8.58. The van der Waals surface area contributed by atoms with Gasteiger partial charge in [-0.25, -0.2) is 9.78 Å². The van der Waals surface area contributed by atoms with Crippen LogP contribution in [0, 0.1) is 0 Å². The molecular weight excluding hydrogens is 406 g/mol. The Morgan fingerprint density at radius 3 is 2.63 bits per heavy atom. The predicted octanol–water partition coefficient (Wildman–Crippen LogP) is 6.18. The monoisotopic (exact) mass is 421 g/mol.